The number of carbonyl (C=O) groups excluding carboxylic acids is 1. The fourth-order valence-corrected chi connectivity index (χ4v) is 2.63. The molecule has 1 heterocycles. The number of ether oxygens (including phenoxy) is 1. The Kier molecular flexibility index (Phi) is 5.51. The van der Waals surface area contributed by atoms with Gasteiger partial charge in [0.2, 0.25) is 5.91 Å². The summed E-state index contributed by atoms with van der Waals surface area (Å²) < 4.78 is 8.07. The molecule has 0 unspecified atom stereocenters. The minimum Gasteiger partial charge on any atom is -0.504 e. The average molecular weight is 302 g/mol. The van der Waals surface area contributed by atoms with Crippen LogP contribution < -0.4 is 10.0 Å². The van der Waals surface area contributed by atoms with E-state index in [4.69, 9.17) is 4.74 Å². The molecular weight excluding hydrogens is 284 g/mol. The van der Waals surface area contributed by atoms with Crippen LogP contribution >= 0.6 is 11.9 Å². The summed E-state index contributed by atoms with van der Waals surface area (Å²) in [6, 6.07) is 6.02. The number of nitrogens with one attached hydrogen (secondary N) is 2. The highest BCUT2D eigenvalue weighted by molar-refractivity contribution is 7.97. The number of hydrogen-bond acceptors (Lipinski definition) is 4. The molecule has 110 valence electrons. The van der Waals surface area contributed by atoms with Crippen LogP contribution in [0.25, 0.3) is 0 Å². The van der Waals surface area contributed by atoms with Crippen LogP contribution in [0.2, 0.25) is 0 Å². The summed E-state index contributed by atoms with van der Waals surface area (Å²) in [7, 11) is 1.60. The smallest absolute Gasteiger partial charge is 0.224 e. The molecule has 1 aliphatic rings. The van der Waals surface area contributed by atoms with Crippen LogP contribution in [0.15, 0.2) is 59.9 Å². The molecule has 0 radical (unpaired) electrons. The summed E-state index contributed by atoms with van der Waals surface area (Å²) in [6.07, 6.45) is 8.35. The van der Waals surface area contributed by atoms with Crippen LogP contribution in [-0.4, -0.2) is 13.0 Å². The van der Waals surface area contributed by atoms with Crippen LogP contribution in [0.5, 0.6) is 0 Å². The van der Waals surface area contributed by atoms with E-state index in [0.29, 0.717) is 6.42 Å². The van der Waals surface area contributed by atoms with Gasteiger partial charge >= 0.3 is 0 Å². The summed E-state index contributed by atoms with van der Waals surface area (Å²) >= 11 is 1.51. The normalized spacial score (nSPS) is 14.5. The Morgan fingerprint density at radius 1 is 1.48 bits per heavy atom. The first-order valence-corrected chi connectivity index (χ1v) is 7.42. The monoisotopic (exact) mass is 302 g/mol. The third kappa shape index (κ3) is 4.43. The minimum atomic E-state index is 0.0860. The van der Waals surface area contributed by atoms with Crippen LogP contribution in [0.3, 0.4) is 0 Å². The third-order valence-electron chi connectivity index (χ3n) is 2.97. The van der Waals surface area contributed by atoms with Crippen LogP contribution in [0.4, 0.5) is 5.69 Å². The molecule has 4 nitrogen and oxygen atoms in total. The second-order valence-corrected chi connectivity index (χ2v) is 5.34. The number of anilines is 1. The molecule has 0 atom stereocenters. The topological polar surface area (TPSA) is 50.4 Å². The van der Waals surface area contributed by atoms with E-state index in [0.717, 1.165) is 22.7 Å². The lowest BCUT2D eigenvalue weighted by Crippen LogP contribution is -2.18. The van der Waals surface area contributed by atoms with Gasteiger partial charge in [-0.05, 0) is 60.4 Å². The lowest BCUT2D eigenvalue weighted by Gasteiger charge is -2.17. The largest absolute Gasteiger partial charge is 0.504 e. The van der Waals surface area contributed by atoms with Gasteiger partial charge in [-0.15, -0.1) is 0 Å². The fourth-order valence-electron chi connectivity index (χ4n) is 1.91. The second-order valence-electron chi connectivity index (χ2n) is 4.46. The van der Waals surface area contributed by atoms with E-state index in [-0.39, 0.29) is 5.91 Å². The first-order chi connectivity index (χ1) is 10.2. The quantitative estimate of drug-likeness (QED) is 0.480. The third-order valence-corrected chi connectivity index (χ3v) is 3.80. The number of methoxy groups -OCH3 is 1. The van der Waals surface area contributed by atoms with Gasteiger partial charge in [0, 0.05) is 22.7 Å². The Morgan fingerprint density at radius 3 is 3.10 bits per heavy atom. The van der Waals surface area contributed by atoms with E-state index in [1.807, 2.05) is 18.2 Å². The zero-order valence-electron chi connectivity index (χ0n) is 11.9. The summed E-state index contributed by atoms with van der Waals surface area (Å²) in [4.78, 5) is 12.4. The molecule has 1 aliphatic heterocycles. The number of fused-ring (bicyclic) bond motifs is 1. The summed E-state index contributed by atoms with van der Waals surface area (Å²) in [5.41, 5.74) is 2.97. The Morgan fingerprint density at radius 2 is 2.33 bits per heavy atom. The number of carbonyl (C=O) groups is 1. The van der Waals surface area contributed by atoms with Gasteiger partial charge in [-0.25, -0.2) is 0 Å². The molecule has 0 spiro atoms. The van der Waals surface area contributed by atoms with Crippen LogP contribution in [-0.2, 0) is 16.0 Å². The van der Waals surface area contributed by atoms with E-state index in [1.54, 1.807) is 25.5 Å². The van der Waals surface area contributed by atoms with Crippen molar-refractivity contribution in [2.24, 2.45) is 0 Å². The molecule has 0 saturated heterocycles. The summed E-state index contributed by atoms with van der Waals surface area (Å²) in [5, 5.41) is 2.88. The highest BCUT2D eigenvalue weighted by Crippen LogP contribution is 2.27. The molecule has 0 fully saturated rings. The molecule has 2 rings (SSSR count). The Labute approximate surface area is 129 Å². The predicted molar refractivity (Wildman–Crippen MR) is 86.8 cm³/mol. The van der Waals surface area contributed by atoms with Crippen molar-refractivity contribution < 1.29 is 9.53 Å². The molecule has 1 aromatic carbocycles. The molecule has 21 heavy (non-hydrogen) atoms. The highest BCUT2D eigenvalue weighted by Gasteiger charge is 2.14. The van der Waals surface area contributed by atoms with Crippen molar-refractivity contribution in [2.75, 3.05) is 12.4 Å². The Balaban J connectivity index is 2.00. The van der Waals surface area contributed by atoms with Crippen molar-refractivity contribution in [3.63, 3.8) is 0 Å². The number of rotatable bonds is 6. The highest BCUT2D eigenvalue weighted by atomic mass is 32.2. The molecule has 0 aliphatic carbocycles. The molecule has 0 bridgehead atoms. The van der Waals surface area contributed by atoms with Crippen molar-refractivity contribution in [3.05, 3.63) is 60.5 Å². The fraction of sp³-hybridized carbons (Fsp3) is 0.188. The van der Waals surface area contributed by atoms with Gasteiger partial charge in [-0.3, -0.25) is 4.79 Å². The molecular formula is C16H18N2O2S. The number of hydrogen-bond donors (Lipinski definition) is 2. The number of allylic oxidation sites excluding steroid dienone is 3. The number of amides is 1. The van der Waals surface area contributed by atoms with E-state index in [2.05, 4.69) is 22.7 Å². The zero-order valence-corrected chi connectivity index (χ0v) is 12.7. The lowest BCUT2D eigenvalue weighted by atomic mass is 10.0. The number of benzene rings is 1. The average Bonchev–Trinajstić information content (AvgIpc) is 2.50. The molecule has 1 amide bonds. The van der Waals surface area contributed by atoms with Gasteiger partial charge in [-0.1, -0.05) is 6.58 Å². The van der Waals surface area contributed by atoms with Crippen LogP contribution in [0.1, 0.15) is 12.0 Å². The SMILES string of the molecule is C=C/C(=C\C=C\OC)NSc1ccc2c(c1)CCC(=O)N2. The minimum absolute atomic E-state index is 0.0860. The standard InChI is InChI=1S/C16H18N2O2S/c1-3-13(5-4-10-20-2)18-21-14-7-8-15-12(11-14)6-9-16(19)17-15/h3-5,7-8,10-11,18H,1,6,9H2,2H3,(H,17,19)/b10-4+,13-5+. The van der Waals surface area contributed by atoms with Crippen molar-refractivity contribution in [1.29, 1.82) is 0 Å². The van der Waals surface area contributed by atoms with Crippen molar-refractivity contribution >= 4 is 23.5 Å². The van der Waals surface area contributed by atoms with Crippen LogP contribution in [0, 0.1) is 0 Å². The molecule has 1 aromatic rings. The predicted octanol–water partition coefficient (Wildman–Crippen LogP) is 3.40. The van der Waals surface area contributed by atoms with Gasteiger partial charge in [0.1, 0.15) is 0 Å². The maximum atomic E-state index is 11.3. The molecule has 0 aromatic heterocycles. The number of aryl methyl sites for hydroxylation is 1. The summed E-state index contributed by atoms with van der Waals surface area (Å²) in [6.45, 7) is 3.76. The van der Waals surface area contributed by atoms with Gasteiger partial charge in [-0.2, -0.15) is 0 Å². The van der Waals surface area contributed by atoms with Gasteiger partial charge in [0.15, 0.2) is 0 Å². The van der Waals surface area contributed by atoms with E-state index in [1.165, 1.54) is 17.5 Å². The maximum absolute atomic E-state index is 11.3. The summed E-state index contributed by atoms with van der Waals surface area (Å²) in [5.74, 6) is 0.0860. The van der Waals surface area contributed by atoms with E-state index >= 15 is 0 Å². The first-order valence-electron chi connectivity index (χ1n) is 6.60. The Bertz CT molecular complexity index is 594. The van der Waals surface area contributed by atoms with Crippen molar-refractivity contribution in [2.45, 2.75) is 17.7 Å². The molecule has 0 saturated carbocycles. The first kappa shape index (κ1) is 15.3. The second kappa shape index (κ2) is 7.59. The van der Waals surface area contributed by atoms with Crippen molar-refractivity contribution in [1.82, 2.24) is 4.72 Å². The van der Waals surface area contributed by atoms with E-state index < -0.39 is 0 Å². The lowest BCUT2D eigenvalue weighted by molar-refractivity contribution is -0.116. The Hall–Kier alpha value is -2.14. The maximum Gasteiger partial charge on any atom is 0.224 e. The molecule has 5 heteroatoms. The molecule has 2 N–H and O–H groups in total. The van der Waals surface area contributed by atoms with Crippen molar-refractivity contribution in [3.8, 4) is 0 Å². The zero-order chi connectivity index (χ0) is 15.1. The van der Waals surface area contributed by atoms with Gasteiger partial charge in [0.25, 0.3) is 0 Å². The van der Waals surface area contributed by atoms with Gasteiger partial charge in [0.05, 0.1) is 13.4 Å². The van der Waals surface area contributed by atoms with E-state index in [9.17, 15) is 4.79 Å². The van der Waals surface area contributed by atoms with Gasteiger partial charge < -0.3 is 14.8 Å².